The molecule has 4 atom stereocenters. The van der Waals surface area contributed by atoms with Crippen LogP contribution in [0, 0.1) is 0 Å². The maximum atomic E-state index is 11.4. The Hall–Kier alpha value is 0.0200. The third-order valence-corrected chi connectivity index (χ3v) is 6.04. The maximum Gasteiger partial charge on any atom is 0.470 e. The summed E-state index contributed by atoms with van der Waals surface area (Å²) in [7, 11) is -29.3. The van der Waals surface area contributed by atoms with Crippen LogP contribution in [0.4, 0.5) is 0 Å². The van der Waals surface area contributed by atoms with Crippen LogP contribution in [0.15, 0.2) is 0 Å². The minimum atomic E-state index is -5.91. The predicted octanol–water partition coefficient (Wildman–Crippen LogP) is -3.07. The highest BCUT2D eigenvalue weighted by molar-refractivity contribution is 7.47. The Morgan fingerprint density at radius 3 is 0.735 bits per heavy atom. The van der Waals surface area contributed by atoms with Crippen molar-refractivity contribution < 1.29 is 104 Å². The molecule has 0 aromatic rings. The summed E-state index contributed by atoms with van der Waals surface area (Å²) in [5.41, 5.74) is 0. The highest BCUT2D eigenvalue weighted by atomic mass is 31.2. The Balaban J connectivity index is 3.92. The summed E-state index contributed by atoms with van der Waals surface area (Å²) >= 11 is 0. The van der Waals surface area contributed by atoms with Crippen LogP contribution < -0.4 is 0 Å². The van der Waals surface area contributed by atoms with E-state index < -0.39 is 82.2 Å². The molecule has 0 spiro atoms. The second-order valence-corrected chi connectivity index (χ2v) is 12.0. The van der Waals surface area contributed by atoms with E-state index in [1.807, 2.05) is 0 Å². The zero-order valence-corrected chi connectivity index (χ0v) is 20.1. The highest BCUT2D eigenvalue weighted by Gasteiger charge is 2.62. The molecule has 27 heteroatoms. The fraction of sp³-hybridized carbons (Fsp3) is 0.857. The number of hydrogen-bond acceptors (Lipinski definition) is 12. The van der Waals surface area contributed by atoms with E-state index in [0.717, 1.165) is 0 Å². The first-order valence-electron chi connectivity index (χ1n) is 7.71. The number of phosphoric acid groups is 5. The van der Waals surface area contributed by atoms with Crippen LogP contribution in [0.25, 0.3) is 0 Å². The monoisotopic (exact) mass is 608 g/mol. The number of phosphoric ester groups is 5. The Morgan fingerprint density at radius 2 is 0.588 bits per heavy atom. The molecule has 22 nitrogen and oxygen atoms in total. The average Bonchev–Trinajstić information content (AvgIpc) is 2.52. The van der Waals surface area contributed by atoms with Crippen molar-refractivity contribution in [2.24, 2.45) is 0 Å². The van der Waals surface area contributed by atoms with Crippen molar-refractivity contribution in [1.82, 2.24) is 0 Å². The van der Waals surface area contributed by atoms with E-state index >= 15 is 0 Å². The second-order valence-electron chi connectivity index (χ2n) is 6.00. The number of hydrogen-bond donors (Lipinski definition) is 10. The van der Waals surface area contributed by atoms with Gasteiger partial charge in [0.2, 0.25) is 0 Å². The summed E-state index contributed by atoms with van der Waals surface area (Å²) in [5.74, 6) is 0. The third-order valence-electron chi connectivity index (χ3n) is 3.45. The predicted molar refractivity (Wildman–Crippen MR) is 95.5 cm³/mol. The average molecular weight is 608 g/mol. The van der Waals surface area contributed by atoms with Crippen molar-refractivity contribution in [3.05, 3.63) is 0 Å². The van der Waals surface area contributed by atoms with E-state index in [9.17, 15) is 27.6 Å². The van der Waals surface area contributed by atoms with E-state index in [4.69, 9.17) is 48.9 Å². The Labute approximate surface area is 186 Å². The van der Waals surface area contributed by atoms with Crippen molar-refractivity contribution >= 4 is 45.6 Å². The first-order valence-corrected chi connectivity index (χ1v) is 15.4. The lowest BCUT2D eigenvalue weighted by Crippen LogP contribution is -2.66. The van der Waals surface area contributed by atoms with Crippen molar-refractivity contribution in [3.63, 3.8) is 0 Å². The van der Waals surface area contributed by atoms with Gasteiger partial charge in [0.15, 0.2) is 6.10 Å². The third kappa shape index (κ3) is 11.4. The lowest BCUT2D eigenvalue weighted by Gasteiger charge is -2.47. The van der Waals surface area contributed by atoms with Gasteiger partial charge in [0.25, 0.3) is 6.47 Å². The van der Waals surface area contributed by atoms with Crippen LogP contribution in [-0.2, 0) is 55.0 Å². The van der Waals surface area contributed by atoms with Crippen LogP contribution >= 0.6 is 39.1 Å². The largest absolute Gasteiger partial charge is 0.470 e. The summed E-state index contributed by atoms with van der Waals surface area (Å²) in [5, 5.41) is 0. The van der Waals surface area contributed by atoms with Gasteiger partial charge in [-0.15, -0.1) is 0 Å². The van der Waals surface area contributed by atoms with Crippen molar-refractivity contribution in [1.29, 1.82) is 0 Å². The summed E-state index contributed by atoms with van der Waals surface area (Å²) in [6.45, 7) is -0.593. The zero-order chi connectivity index (χ0) is 26.9. The molecular weight excluding hydrogens is 591 g/mol. The zero-order valence-electron chi connectivity index (χ0n) is 15.6. The number of ether oxygens (including phenoxy) is 1. The van der Waals surface area contributed by atoms with Gasteiger partial charge in [-0.2, -0.15) is 0 Å². The standard InChI is InChI=1S/C7H17O22P5/c8-1-24-2-3(25-30(9,10)11)5(27-32(15,16)17)7(29-34(21,22)23)6(28-33(18,19)20)4(2)26-31(12,13)14/h1-7H,(H2,9,10,11)(H2,12,13,14)(H2,15,16,17)(H2,18,19,20)(H2,21,22,23). The van der Waals surface area contributed by atoms with Gasteiger partial charge in [-0.3, -0.25) is 27.4 Å². The summed E-state index contributed by atoms with van der Waals surface area (Å²) in [6, 6.07) is 0. The Morgan fingerprint density at radius 1 is 0.412 bits per heavy atom. The molecule has 0 aliphatic heterocycles. The molecular formula is C7H17O22P5. The molecule has 0 amide bonds. The van der Waals surface area contributed by atoms with E-state index in [-0.39, 0.29) is 0 Å². The molecule has 0 heterocycles. The molecule has 0 aromatic heterocycles. The molecule has 202 valence electrons. The van der Waals surface area contributed by atoms with E-state index in [0.29, 0.717) is 0 Å². The maximum absolute atomic E-state index is 11.4. The van der Waals surface area contributed by atoms with Gasteiger partial charge in [-0.1, -0.05) is 0 Å². The Kier molecular flexibility index (Phi) is 10.5. The van der Waals surface area contributed by atoms with Gasteiger partial charge in [-0.25, -0.2) is 22.8 Å². The number of rotatable bonds is 12. The van der Waals surface area contributed by atoms with Crippen LogP contribution in [-0.4, -0.2) is 92.0 Å². The molecule has 1 aliphatic carbocycles. The summed E-state index contributed by atoms with van der Waals surface area (Å²) in [6.07, 6.45) is -17.2. The van der Waals surface area contributed by atoms with Crippen LogP contribution in [0.3, 0.4) is 0 Å². The molecule has 0 saturated heterocycles. The fourth-order valence-electron chi connectivity index (χ4n) is 2.73. The second kappa shape index (κ2) is 11.2. The van der Waals surface area contributed by atoms with E-state index in [2.05, 4.69) is 27.4 Å². The van der Waals surface area contributed by atoms with Gasteiger partial charge in [-0.05, 0) is 0 Å². The van der Waals surface area contributed by atoms with Crippen molar-refractivity contribution in [2.75, 3.05) is 0 Å². The highest BCUT2D eigenvalue weighted by Crippen LogP contribution is 2.55. The lowest BCUT2D eigenvalue weighted by molar-refractivity contribution is -0.213. The SMILES string of the molecule is O=COC1C(OP(=O)(O)O)C(OP(=O)(O)O)C(OP(=O)(O)O)C(OP(=O)(O)O)C1OP(=O)(O)O. The molecule has 1 aliphatic rings. The summed E-state index contributed by atoms with van der Waals surface area (Å²) in [4.78, 5) is 102. The topological polar surface area (TPSA) is 360 Å². The van der Waals surface area contributed by atoms with Crippen LogP contribution in [0.5, 0.6) is 0 Å². The molecule has 34 heavy (non-hydrogen) atoms. The van der Waals surface area contributed by atoms with Gasteiger partial charge in [0.05, 0.1) is 0 Å². The van der Waals surface area contributed by atoms with Crippen LogP contribution in [0.2, 0.25) is 0 Å². The summed E-state index contributed by atoms with van der Waals surface area (Å²) < 4.78 is 82.1. The van der Waals surface area contributed by atoms with Gasteiger partial charge < -0.3 is 53.7 Å². The molecule has 1 rings (SSSR count). The van der Waals surface area contributed by atoms with Crippen LogP contribution in [0.1, 0.15) is 0 Å². The number of carbonyl (C=O) groups excluding carboxylic acids is 1. The fourth-order valence-corrected chi connectivity index (χ4v) is 5.52. The van der Waals surface area contributed by atoms with Crippen molar-refractivity contribution in [3.8, 4) is 0 Å². The first kappa shape index (κ1) is 32.0. The van der Waals surface area contributed by atoms with Gasteiger partial charge in [0, 0.05) is 0 Å². The first-order chi connectivity index (χ1) is 14.9. The van der Waals surface area contributed by atoms with E-state index in [1.54, 1.807) is 0 Å². The molecule has 4 unspecified atom stereocenters. The molecule has 1 saturated carbocycles. The van der Waals surface area contributed by atoms with Crippen molar-refractivity contribution in [2.45, 2.75) is 36.6 Å². The van der Waals surface area contributed by atoms with Gasteiger partial charge >= 0.3 is 39.1 Å². The molecule has 0 bridgehead atoms. The quantitative estimate of drug-likeness (QED) is 0.0776. The van der Waals surface area contributed by atoms with Gasteiger partial charge in [0.1, 0.15) is 30.5 Å². The molecule has 0 aromatic carbocycles. The normalized spacial score (nSPS) is 29.6. The minimum Gasteiger partial charge on any atom is -0.459 e. The smallest absolute Gasteiger partial charge is 0.459 e. The molecule has 10 N–H and O–H groups in total. The molecule has 0 radical (unpaired) electrons. The minimum absolute atomic E-state index is 0.593. The Bertz CT molecular complexity index is 887. The number of carbonyl (C=O) groups is 1. The lowest BCUT2D eigenvalue weighted by atomic mass is 9.85. The van der Waals surface area contributed by atoms with E-state index in [1.165, 1.54) is 0 Å². The molecule has 1 fully saturated rings.